The van der Waals surface area contributed by atoms with Crippen molar-refractivity contribution in [3.8, 4) is 0 Å². The van der Waals surface area contributed by atoms with Crippen molar-refractivity contribution in [3.05, 3.63) is 51.2 Å². The van der Waals surface area contributed by atoms with Gasteiger partial charge in [-0.2, -0.15) is 13.2 Å². The van der Waals surface area contributed by atoms with Crippen molar-refractivity contribution >= 4 is 41.3 Å². The predicted molar refractivity (Wildman–Crippen MR) is 110 cm³/mol. The summed E-state index contributed by atoms with van der Waals surface area (Å²) < 4.78 is 52.2. The van der Waals surface area contributed by atoms with Gasteiger partial charge in [0.15, 0.2) is 5.96 Å². The van der Waals surface area contributed by atoms with Crippen LogP contribution in [0.1, 0.15) is 41.6 Å². The Hall–Kier alpha value is -1.43. The van der Waals surface area contributed by atoms with Gasteiger partial charge in [0.1, 0.15) is 5.82 Å². The zero-order valence-corrected chi connectivity index (χ0v) is 18.2. The number of hydrogen-bond donors (Lipinski definition) is 2. The van der Waals surface area contributed by atoms with Gasteiger partial charge in [0.2, 0.25) is 0 Å². The average Bonchev–Trinajstić information content (AvgIpc) is 3.04. The number of benzene rings is 1. The largest absolute Gasteiger partial charge is 0.416 e. The lowest BCUT2D eigenvalue weighted by molar-refractivity contribution is -0.138. The summed E-state index contributed by atoms with van der Waals surface area (Å²) in [6.07, 6.45) is -4.62. The van der Waals surface area contributed by atoms with E-state index < -0.39 is 17.6 Å². The number of alkyl halides is 3. The first-order valence-corrected chi connectivity index (χ1v) is 8.83. The Kier molecular flexibility index (Phi) is 8.92. The van der Waals surface area contributed by atoms with Crippen LogP contribution < -0.4 is 10.6 Å². The number of nitrogens with zero attached hydrogens (tertiary/aromatic N) is 2. The molecule has 4 nitrogen and oxygen atoms in total. The number of aliphatic imine (C=N–C) groups is 1. The number of guanidine groups is 1. The fourth-order valence-electron chi connectivity index (χ4n) is 2.21. The highest BCUT2D eigenvalue weighted by Crippen LogP contribution is 2.32. The standard InChI is InChI=1S/C17H20F4N4S.HI/c1-10(2)15-25-13(9-26-15)8-24-16(22-3)23-7-11-4-5-12(18)6-14(11)17(19,20)21;/h4-6,9-10H,7-8H2,1-3H3,(H2,22,23,24);1H. The van der Waals surface area contributed by atoms with Gasteiger partial charge in [0.05, 0.1) is 22.8 Å². The molecule has 2 rings (SSSR count). The van der Waals surface area contributed by atoms with Crippen LogP contribution in [0.5, 0.6) is 0 Å². The Balaban J connectivity index is 0.00000364. The number of hydrogen-bond acceptors (Lipinski definition) is 3. The predicted octanol–water partition coefficient (Wildman–Crippen LogP) is 4.91. The normalized spacial score (nSPS) is 12.1. The van der Waals surface area contributed by atoms with Gasteiger partial charge in [0, 0.05) is 24.9 Å². The molecule has 27 heavy (non-hydrogen) atoms. The number of thiazole rings is 1. The molecule has 0 saturated carbocycles. The molecule has 0 bridgehead atoms. The van der Waals surface area contributed by atoms with E-state index in [0.29, 0.717) is 24.5 Å². The summed E-state index contributed by atoms with van der Waals surface area (Å²) in [5.74, 6) is -0.250. The van der Waals surface area contributed by atoms with Crippen LogP contribution in [0, 0.1) is 5.82 Å². The van der Waals surface area contributed by atoms with Gasteiger partial charge in [-0.25, -0.2) is 9.37 Å². The van der Waals surface area contributed by atoms with Crippen LogP contribution in [-0.4, -0.2) is 18.0 Å². The third-order valence-electron chi connectivity index (χ3n) is 3.55. The van der Waals surface area contributed by atoms with E-state index in [-0.39, 0.29) is 36.1 Å². The Morgan fingerprint density at radius 3 is 2.44 bits per heavy atom. The van der Waals surface area contributed by atoms with E-state index in [2.05, 4.69) is 34.5 Å². The summed E-state index contributed by atoms with van der Waals surface area (Å²) in [6, 6.07) is 2.62. The van der Waals surface area contributed by atoms with Crippen LogP contribution in [-0.2, 0) is 19.3 Å². The average molecular weight is 516 g/mol. The molecule has 1 aromatic carbocycles. The molecule has 2 aromatic rings. The van der Waals surface area contributed by atoms with Gasteiger partial charge < -0.3 is 10.6 Å². The Bertz CT molecular complexity index is 775. The summed E-state index contributed by atoms with van der Waals surface area (Å²) in [4.78, 5) is 8.46. The first kappa shape index (κ1) is 23.6. The van der Waals surface area contributed by atoms with Gasteiger partial charge in [-0.1, -0.05) is 19.9 Å². The molecule has 0 aliphatic rings. The van der Waals surface area contributed by atoms with E-state index in [0.717, 1.165) is 22.8 Å². The third kappa shape index (κ3) is 6.91. The van der Waals surface area contributed by atoms with Crippen LogP contribution in [0.2, 0.25) is 0 Å². The van der Waals surface area contributed by atoms with Crippen LogP contribution in [0.25, 0.3) is 0 Å². The van der Waals surface area contributed by atoms with E-state index >= 15 is 0 Å². The molecule has 0 saturated heterocycles. The smallest absolute Gasteiger partial charge is 0.352 e. The van der Waals surface area contributed by atoms with Crippen LogP contribution in [0.3, 0.4) is 0 Å². The van der Waals surface area contributed by atoms with E-state index in [1.54, 1.807) is 11.3 Å². The van der Waals surface area contributed by atoms with Gasteiger partial charge in [-0.3, -0.25) is 4.99 Å². The topological polar surface area (TPSA) is 49.3 Å². The summed E-state index contributed by atoms with van der Waals surface area (Å²) >= 11 is 1.56. The lowest BCUT2D eigenvalue weighted by atomic mass is 10.1. The monoisotopic (exact) mass is 516 g/mol. The lowest BCUT2D eigenvalue weighted by Gasteiger charge is -2.15. The molecule has 0 atom stereocenters. The maximum absolute atomic E-state index is 13.1. The van der Waals surface area contributed by atoms with E-state index in [1.807, 2.05) is 5.38 Å². The first-order valence-electron chi connectivity index (χ1n) is 7.95. The zero-order valence-electron chi connectivity index (χ0n) is 15.0. The molecule has 10 heteroatoms. The number of nitrogens with one attached hydrogen (secondary N) is 2. The van der Waals surface area contributed by atoms with Crippen molar-refractivity contribution in [1.82, 2.24) is 15.6 Å². The molecular weight excluding hydrogens is 495 g/mol. The van der Waals surface area contributed by atoms with Crippen molar-refractivity contribution in [2.24, 2.45) is 4.99 Å². The molecule has 0 aliphatic heterocycles. The van der Waals surface area contributed by atoms with Crippen LogP contribution in [0.4, 0.5) is 17.6 Å². The molecule has 0 amide bonds. The minimum absolute atomic E-state index is 0. The van der Waals surface area contributed by atoms with Crippen molar-refractivity contribution in [2.75, 3.05) is 7.05 Å². The molecule has 0 fully saturated rings. The van der Waals surface area contributed by atoms with Gasteiger partial charge in [0.25, 0.3) is 0 Å². The minimum Gasteiger partial charge on any atom is -0.352 e. The van der Waals surface area contributed by atoms with Crippen molar-refractivity contribution in [1.29, 1.82) is 0 Å². The highest BCUT2D eigenvalue weighted by atomic mass is 127. The van der Waals surface area contributed by atoms with E-state index in [1.165, 1.54) is 7.05 Å². The summed E-state index contributed by atoms with van der Waals surface area (Å²) in [5, 5.41) is 8.76. The molecule has 1 aromatic heterocycles. The summed E-state index contributed by atoms with van der Waals surface area (Å²) in [6.45, 7) is 4.37. The highest BCUT2D eigenvalue weighted by molar-refractivity contribution is 14.0. The minimum atomic E-state index is -4.62. The molecule has 0 spiro atoms. The Morgan fingerprint density at radius 1 is 1.22 bits per heavy atom. The van der Waals surface area contributed by atoms with Crippen LogP contribution >= 0.6 is 35.3 Å². The SMILES string of the molecule is CN=C(NCc1csc(C(C)C)n1)NCc1ccc(F)cc1C(F)(F)F.I. The molecule has 1 heterocycles. The van der Waals surface area contributed by atoms with Crippen molar-refractivity contribution in [2.45, 2.75) is 39.0 Å². The molecule has 150 valence electrons. The molecular formula is C17H21F4IN4S. The number of rotatable bonds is 5. The maximum Gasteiger partial charge on any atom is 0.416 e. The molecule has 0 radical (unpaired) electrons. The quantitative estimate of drug-likeness (QED) is 0.257. The lowest BCUT2D eigenvalue weighted by Crippen LogP contribution is -2.36. The second-order valence-electron chi connectivity index (χ2n) is 5.91. The third-order valence-corrected chi connectivity index (χ3v) is 4.74. The maximum atomic E-state index is 13.1. The fraction of sp³-hybridized carbons (Fsp3) is 0.412. The van der Waals surface area contributed by atoms with E-state index in [4.69, 9.17) is 0 Å². The fourth-order valence-corrected chi connectivity index (χ4v) is 3.04. The highest BCUT2D eigenvalue weighted by Gasteiger charge is 2.33. The number of halogens is 5. The van der Waals surface area contributed by atoms with Crippen LogP contribution in [0.15, 0.2) is 28.6 Å². The Labute approximate surface area is 176 Å². The second-order valence-corrected chi connectivity index (χ2v) is 6.80. The Morgan fingerprint density at radius 2 is 1.89 bits per heavy atom. The molecule has 0 aliphatic carbocycles. The van der Waals surface area contributed by atoms with Gasteiger partial charge in [-0.05, 0) is 17.7 Å². The zero-order chi connectivity index (χ0) is 19.3. The summed E-state index contributed by atoms with van der Waals surface area (Å²) in [7, 11) is 1.52. The molecule has 2 N–H and O–H groups in total. The van der Waals surface area contributed by atoms with Gasteiger partial charge in [-0.15, -0.1) is 35.3 Å². The molecule has 0 unspecified atom stereocenters. The van der Waals surface area contributed by atoms with E-state index in [9.17, 15) is 17.6 Å². The van der Waals surface area contributed by atoms with Crippen molar-refractivity contribution < 1.29 is 17.6 Å². The summed E-state index contributed by atoms with van der Waals surface area (Å²) in [5.41, 5.74) is -0.224. The second kappa shape index (κ2) is 10.2. The number of aromatic nitrogens is 1. The first-order chi connectivity index (χ1) is 12.2. The van der Waals surface area contributed by atoms with Crippen molar-refractivity contribution in [3.63, 3.8) is 0 Å². The van der Waals surface area contributed by atoms with Gasteiger partial charge >= 0.3 is 6.18 Å².